The first-order chi connectivity index (χ1) is 9.17. The van der Waals surface area contributed by atoms with Crippen molar-refractivity contribution in [2.75, 3.05) is 18.1 Å². The van der Waals surface area contributed by atoms with E-state index in [2.05, 4.69) is 23.7 Å². The van der Waals surface area contributed by atoms with Crippen molar-refractivity contribution in [2.45, 2.75) is 51.2 Å². The maximum absolute atomic E-state index is 6.16. The molecule has 104 valence electrons. The number of rotatable bonds is 3. The van der Waals surface area contributed by atoms with Crippen LogP contribution in [0.2, 0.25) is 5.15 Å². The van der Waals surface area contributed by atoms with E-state index in [1.165, 1.54) is 12.8 Å². The zero-order valence-electron chi connectivity index (χ0n) is 11.5. The molecule has 3 rings (SSSR count). The molecule has 5 heteroatoms. The van der Waals surface area contributed by atoms with E-state index in [0.717, 1.165) is 31.2 Å². The molecular formula is C14H20ClN3O. The van der Waals surface area contributed by atoms with Crippen molar-refractivity contribution >= 4 is 17.4 Å². The van der Waals surface area contributed by atoms with Crippen molar-refractivity contribution in [3.63, 3.8) is 0 Å². The van der Waals surface area contributed by atoms with Gasteiger partial charge >= 0.3 is 0 Å². The van der Waals surface area contributed by atoms with Gasteiger partial charge in [0.1, 0.15) is 16.8 Å². The van der Waals surface area contributed by atoms with Gasteiger partial charge in [-0.25, -0.2) is 9.97 Å². The van der Waals surface area contributed by atoms with Crippen LogP contribution >= 0.6 is 11.6 Å². The molecule has 19 heavy (non-hydrogen) atoms. The Bertz CT molecular complexity index is 464. The van der Waals surface area contributed by atoms with Gasteiger partial charge in [-0.3, -0.25) is 0 Å². The lowest BCUT2D eigenvalue weighted by molar-refractivity contribution is 0.0296. The average Bonchev–Trinajstić information content (AvgIpc) is 3.22. The first kappa shape index (κ1) is 13.1. The Morgan fingerprint density at radius 1 is 1.42 bits per heavy atom. The minimum Gasteiger partial charge on any atom is -0.375 e. The SMILES string of the molecule is CCC1COC(C)CN1c1cc(Cl)nc(C2CC2)n1. The summed E-state index contributed by atoms with van der Waals surface area (Å²) in [6.07, 6.45) is 3.67. The van der Waals surface area contributed by atoms with Gasteiger partial charge in [-0.15, -0.1) is 0 Å². The average molecular weight is 282 g/mol. The number of morpholine rings is 1. The highest BCUT2D eigenvalue weighted by molar-refractivity contribution is 6.29. The topological polar surface area (TPSA) is 38.2 Å². The number of halogens is 1. The van der Waals surface area contributed by atoms with Crippen LogP contribution in [-0.2, 0) is 4.74 Å². The van der Waals surface area contributed by atoms with Crippen LogP contribution in [0.3, 0.4) is 0 Å². The molecule has 0 radical (unpaired) electrons. The molecule has 2 unspecified atom stereocenters. The normalized spacial score (nSPS) is 27.6. The number of hydrogen-bond donors (Lipinski definition) is 0. The Balaban J connectivity index is 1.90. The number of hydrogen-bond acceptors (Lipinski definition) is 4. The molecule has 1 aliphatic carbocycles. The maximum atomic E-state index is 6.16. The van der Waals surface area contributed by atoms with Gasteiger partial charge in [0.2, 0.25) is 0 Å². The summed E-state index contributed by atoms with van der Waals surface area (Å²) < 4.78 is 5.74. The van der Waals surface area contributed by atoms with Gasteiger partial charge in [0, 0.05) is 18.5 Å². The van der Waals surface area contributed by atoms with Gasteiger partial charge in [-0.2, -0.15) is 0 Å². The summed E-state index contributed by atoms with van der Waals surface area (Å²) in [5.74, 6) is 2.40. The molecule has 1 aromatic heterocycles. The van der Waals surface area contributed by atoms with Crippen LogP contribution in [0.15, 0.2) is 6.07 Å². The second kappa shape index (κ2) is 5.25. The van der Waals surface area contributed by atoms with Crippen LogP contribution in [0.5, 0.6) is 0 Å². The molecule has 0 amide bonds. The molecule has 4 nitrogen and oxygen atoms in total. The van der Waals surface area contributed by atoms with Gasteiger partial charge in [-0.1, -0.05) is 18.5 Å². The third kappa shape index (κ3) is 2.84. The Morgan fingerprint density at radius 3 is 2.89 bits per heavy atom. The first-order valence-corrected chi connectivity index (χ1v) is 7.48. The minimum absolute atomic E-state index is 0.237. The van der Waals surface area contributed by atoms with Crippen LogP contribution in [0.4, 0.5) is 5.82 Å². The fourth-order valence-corrected chi connectivity index (χ4v) is 2.74. The van der Waals surface area contributed by atoms with E-state index in [-0.39, 0.29) is 6.10 Å². The van der Waals surface area contributed by atoms with E-state index in [1.807, 2.05) is 6.07 Å². The fourth-order valence-electron chi connectivity index (χ4n) is 2.56. The number of anilines is 1. The molecule has 1 saturated heterocycles. The molecule has 2 fully saturated rings. The summed E-state index contributed by atoms with van der Waals surface area (Å²) in [5, 5.41) is 0.556. The molecule has 0 spiro atoms. The van der Waals surface area contributed by atoms with Crippen LogP contribution in [-0.4, -0.2) is 35.3 Å². The van der Waals surface area contributed by atoms with Crippen molar-refractivity contribution < 1.29 is 4.74 Å². The van der Waals surface area contributed by atoms with E-state index < -0.39 is 0 Å². The monoisotopic (exact) mass is 281 g/mol. The molecule has 2 aliphatic rings. The first-order valence-electron chi connectivity index (χ1n) is 7.10. The zero-order valence-corrected chi connectivity index (χ0v) is 12.2. The van der Waals surface area contributed by atoms with Crippen molar-refractivity contribution in [2.24, 2.45) is 0 Å². The molecule has 0 N–H and O–H groups in total. The molecule has 1 saturated carbocycles. The summed E-state index contributed by atoms with van der Waals surface area (Å²) in [6.45, 7) is 5.92. The lowest BCUT2D eigenvalue weighted by Gasteiger charge is -2.39. The Labute approximate surface area is 119 Å². The lowest BCUT2D eigenvalue weighted by Crippen LogP contribution is -2.49. The molecule has 0 bridgehead atoms. The second-order valence-electron chi connectivity index (χ2n) is 5.54. The van der Waals surface area contributed by atoms with Crippen molar-refractivity contribution in [1.82, 2.24) is 9.97 Å². The quantitative estimate of drug-likeness (QED) is 0.799. The third-order valence-electron chi connectivity index (χ3n) is 3.87. The van der Waals surface area contributed by atoms with Crippen molar-refractivity contribution in [3.05, 3.63) is 17.0 Å². The van der Waals surface area contributed by atoms with Crippen LogP contribution in [0.1, 0.15) is 44.9 Å². The van der Waals surface area contributed by atoms with Gasteiger partial charge in [-0.05, 0) is 26.2 Å². The summed E-state index contributed by atoms with van der Waals surface area (Å²) in [6, 6.07) is 2.27. The Morgan fingerprint density at radius 2 is 2.21 bits per heavy atom. The van der Waals surface area contributed by atoms with Crippen molar-refractivity contribution in [1.29, 1.82) is 0 Å². The second-order valence-corrected chi connectivity index (χ2v) is 5.93. The standard InChI is InChI=1S/C14H20ClN3O/c1-3-11-8-19-9(2)7-18(11)13-6-12(15)16-14(17-13)10-4-5-10/h6,9-11H,3-5,7-8H2,1-2H3. The van der Waals surface area contributed by atoms with E-state index in [1.54, 1.807) is 0 Å². The molecular weight excluding hydrogens is 262 g/mol. The smallest absolute Gasteiger partial charge is 0.135 e. The molecule has 2 heterocycles. The number of nitrogens with zero attached hydrogens (tertiary/aromatic N) is 3. The maximum Gasteiger partial charge on any atom is 0.135 e. The molecule has 1 aliphatic heterocycles. The number of ether oxygens (including phenoxy) is 1. The Kier molecular flexibility index (Phi) is 3.63. The largest absolute Gasteiger partial charge is 0.375 e. The highest BCUT2D eigenvalue weighted by Gasteiger charge is 2.30. The van der Waals surface area contributed by atoms with Gasteiger partial charge in [0.25, 0.3) is 0 Å². The van der Waals surface area contributed by atoms with Crippen molar-refractivity contribution in [3.8, 4) is 0 Å². The lowest BCUT2D eigenvalue weighted by atomic mass is 10.1. The van der Waals surface area contributed by atoms with E-state index in [0.29, 0.717) is 17.1 Å². The van der Waals surface area contributed by atoms with E-state index >= 15 is 0 Å². The minimum atomic E-state index is 0.237. The van der Waals surface area contributed by atoms with E-state index in [9.17, 15) is 0 Å². The highest BCUT2D eigenvalue weighted by Crippen LogP contribution is 2.39. The molecule has 2 atom stereocenters. The molecule has 1 aromatic rings. The predicted molar refractivity (Wildman–Crippen MR) is 75.9 cm³/mol. The zero-order chi connectivity index (χ0) is 13.4. The van der Waals surface area contributed by atoms with Crippen LogP contribution in [0.25, 0.3) is 0 Å². The fraction of sp³-hybridized carbons (Fsp3) is 0.714. The van der Waals surface area contributed by atoms with Gasteiger partial charge in [0.15, 0.2) is 0 Å². The molecule has 0 aromatic carbocycles. The summed E-state index contributed by atoms with van der Waals surface area (Å²) in [5.41, 5.74) is 0. The van der Waals surface area contributed by atoms with Gasteiger partial charge < -0.3 is 9.64 Å². The summed E-state index contributed by atoms with van der Waals surface area (Å²) in [7, 11) is 0. The third-order valence-corrected chi connectivity index (χ3v) is 4.07. The summed E-state index contributed by atoms with van der Waals surface area (Å²) in [4.78, 5) is 11.4. The van der Waals surface area contributed by atoms with Crippen LogP contribution < -0.4 is 4.90 Å². The van der Waals surface area contributed by atoms with Gasteiger partial charge in [0.05, 0.1) is 18.8 Å². The highest BCUT2D eigenvalue weighted by atomic mass is 35.5. The van der Waals surface area contributed by atoms with E-state index in [4.69, 9.17) is 21.3 Å². The summed E-state index contributed by atoms with van der Waals surface area (Å²) >= 11 is 6.16. The van der Waals surface area contributed by atoms with Crippen LogP contribution in [0, 0.1) is 0 Å². The predicted octanol–water partition coefficient (Wildman–Crippen LogP) is 3.01. The number of aromatic nitrogens is 2. The Hall–Kier alpha value is -0.870.